The van der Waals surface area contributed by atoms with Gasteiger partial charge in [0.25, 0.3) is 11.8 Å². The molecule has 120 valence electrons. The fraction of sp³-hybridized carbons (Fsp3) is 0.222. The zero-order valence-electron chi connectivity index (χ0n) is 13.4. The highest BCUT2D eigenvalue weighted by molar-refractivity contribution is 5.96. The Balaban J connectivity index is 1.89. The van der Waals surface area contributed by atoms with Crippen LogP contribution in [0.1, 0.15) is 28.4 Å². The van der Waals surface area contributed by atoms with E-state index < -0.39 is 12.0 Å². The second-order valence-corrected chi connectivity index (χ2v) is 5.33. The minimum Gasteiger partial charge on any atom is -0.481 e. The largest absolute Gasteiger partial charge is 0.481 e. The lowest BCUT2D eigenvalue weighted by Gasteiger charge is -2.15. The van der Waals surface area contributed by atoms with E-state index in [1.165, 1.54) is 0 Å². The van der Waals surface area contributed by atoms with Crippen LogP contribution in [0.5, 0.6) is 5.75 Å². The van der Waals surface area contributed by atoms with Gasteiger partial charge in [0.2, 0.25) is 0 Å². The van der Waals surface area contributed by atoms with E-state index in [4.69, 9.17) is 4.74 Å². The summed E-state index contributed by atoms with van der Waals surface area (Å²) in [6, 6.07) is 14.6. The third-order valence-corrected chi connectivity index (χ3v) is 3.36. The summed E-state index contributed by atoms with van der Waals surface area (Å²) in [5.41, 5.74) is 7.17. The van der Waals surface area contributed by atoms with Crippen molar-refractivity contribution in [2.75, 3.05) is 0 Å². The molecule has 0 aromatic heterocycles. The minimum absolute atomic E-state index is 0.362. The molecule has 0 aliphatic heterocycles. The van der Waals surface area contributed by atoms with Gasteiger partial charge in [-0.25, -0.2) is 0 Å². The number of amides is 2. The molecule has 5 nitrogen and oxygen atoms in total. The summed E-state index contributed by atoms with van der Waals surface area (Å²) >= 11 is 0. The first-order valence-corrected chi connectivity index (χ1v) is 7.36. The molecule has 2 N–H and O–H groups in total. The molecular formula is C18H20N2O3. The van der Waals surface area contributed by atoms with Gasteiger partial charge in [-0.3, -0.25) is 20.4 Å². The predicted octanol–water partition coefficient (Wildman–Crippen LogP) is 2.53. The van der Waals surface area contributed by atoms with Crippen molar-refractivity contribution in [2.45, 2.75) is 26.9 Å². The maximum absolute atomic E-state index is 12.0. The molecule has 0 aliphatic carbocycles. The van der Waals surface area contributed by atoms with Crippen LogP contribution >= 0.6 is 0 Å². The Morgan fingerprint density at radius 1 is 1.00 bits per heavy atom. The van der Waals surface area contributed by atoms with Crippen LogP contribution in [0.15, 0.2) is 48.5 Å². The number of rotatable bonds is 4. The van der Waals surface area contributed by atoms with Crippen molar-refractivity contribution in [1.82, 2.24) is 10.9 Å². The number of benzene rings is 2. The van der Waals surface area contributed by atoms with Gasteiger partial charge in [-0.1, -0.05) is 30.3 Å². The van der Waals surface area contributed by atoms with Gasteiger partial charge in [0.15, 0.2) is 6.10 Å². The Bertz CT molecular complexity index is 713. The molecule has 5 heteroatoms. The van der Waals surface area contributed by atoms with Crippen molar-refractivity contribution in [3.63, 3.8) is 0 Å². The Morgan fingerprint density at radius 2 is 1.74 bits per heavy atom. The zero-order valence-corrected chi connectivity index (χ0v) is 13.4. The molecule has 1 unspecified atom stereocenters. The third-order valence-electron chi connectivity index (χ3n) is 3.36. The molecule has 0 saturated heterocycles. The Kier molecular flexibility index (Phi) is 5.36. The summed E-state index contributed by atoms with van der Waals surface area (Å²) in [5.74, 6) is -0.175. The standard InChI is InChI=1S/C18H20N2O3/c1-12-7-6-9-15(11-12)23-14(3)17(21)19-20-18(22)16-10-5-4-8-13(16)2/h4-11,14H,1-3H3,(H,19,21)(H,20,22). The molecule has 2 rings (SSSR count). The molecule has 0 saturated carbocycles. The average Bonchev–Trinajstić information content (AvgIpc) is 2.52. The van der Waals surface area contributed by atoms with Crippen LogP contribution in [0.3, 0.4) is 0 Å². The molecule has 0 bridgehead atoms. The summed E-state index contributed by atoms with van der Waals surface area (Å²) < 4.78 is 5.56. The van der Waals surface area contributed by atoms with Crippen molar-refractivity contribution in [3.8, 4) is 5.75 Å². The summed E-state index contributed by atoms with van der Waals surface area (Å²) in [7, 11) is 0. The van der Waals surface area contributed by atoms with E-state index in [9.17, 15) is 9.59 Å². The van der Waals surface area contributed by atoms with E-state index in [-0.39, 0.29) is 5.91 Å². The van der Waals surface area contributed by atoms with Gasteiger partial charge in [-0.15, -0.1) is 0 Å². The SMILES string of the molecule is Cc1cccc(OC(C)C(=O)NNC(=O)c2ccccc2C)c1. The molecule has 2 amide bonds. The molecule has 0 aliphatic rings. The quantitative estimate of drug-likeness (QED) is 0.853. The normalized spacial score (nSPS) is 11.4. The molecule has 23 heavy (non-hydrogen) atoms. The summed E-state index contributed by atoms with van der Waals surface area (Å²) in [5, 5.41) is 0. The summed E-state index contributed by atoms with van der Waals surface area (Å²) in [4.78, 5) is 24.0. The number of aryl methyl sites for hydroxylation is 2. The van der Waals surface area contributed by atoms with Crippen LogP contribution in [0.4, 0.5) is 0 Å². The lowest BCUT2D eigenvalue weighted by molar-refractivity contribution is -0.128. The molecule has 0 spiro atoms. The molecule has 1 atom stereocenters. The Hall–Kier alpha value is -2.82. The number of hydrogen-bond donors (Lipinski definition) is 2. The molecule has 0 radical (unpaired) electrons. The molecule has 0 fully saturated rings. The number of carbonyl (C=O) groups is 2. The molecule has 0 heterocycles. The Morgan fingerprint density at radius 3 is 2.43 bits per heavy atom. The highest BCUT2D eigenvalue weighted by atomic mass is 16.5. The van der Waals surface area contributed by atoms with Crippen LogP contribution < -0.4 is 15.6 Å². The smallest absolute Gasteiger partial charge is 0.279 e. The van der Waals surface area contributed by atoms with Gasteiger partial charge in [-0.2, -0.15) is 0 Å². The maximum atomic E-state index is 12.0. The lowest BCUT2D eigenvalue weighted by Crippen LogP contribution is -2.47. The number of hydrogen-bond acceptors (Lipinski definition) is 3. The number of hydrazine groups is 1. The topological polar surface area (TPSA) is 67.4 Å². The van der Waals surface area contributed by atoms with E-state index in [0.29, 0.717) is 11.3 Å². The van der Waals surface area contributed by atoms with E-state index in [1.54, 1.807) is 25.1 Å². The van der Waals surface area contributed by atoms with Crippen LogP contribution in [0.2, 0.25) is 0 Å². The van der Waals surface area contributed by atoms with Crippen molar-refractivity contribution in [1.29, 1.82) is 0 Å². The first-order valence-electron chi connectivity index (χ1n) is 7.36. The van der Waals surface area contributed by atoms with E-state index in [0.717, 1.165) is 11.1 Å². The van der Waals surface area contributed by atoms with Crippen LogP contribution in [0, 0.1) is 13.8 Å². The number of nitrogens with one attached hydrogen (secondary N) is 2. The number of ether oxygens (including phenoxy) is 1. The highest BCUT2D eigenvalue weighted by Crippen LogP contribution is 2.14. The lowest BCUT2D eigenvalue weighted by atomic mass is 10.1. The second kappa shape index (κ2) is 7.45. The second-order valence-electron chi connectivity index (χ2n) is 5.33. The molecule has 2 aromatic rings. The Labute approximate surface area is 135 Å². The van der Waals surface area contributed by atoms with Gasteiger partial charge in [0, 0.05) is 5.56 Å². The number of carbonyl (C=O) groups excluding carboxylic acids is 2. The summed E-state index contributed by atoms with van der Waals surface area (Å²) in [6.07, 6.45) is -0.728. The van der Waals surface area contributed by atoms with Gasteiger partial charge in [-0.05, 0) is 50.1 Å². The predicted molar refractivity (Wildman–Crippen MR) is 88.1 cm³/mol. The van der Waals surface area contributed by atoms with Gasteiger partial charge >= 0.3 is 0 Å². The average molecular weight is 312 g/mol. The maximum Gasteiger partial charge on any atom is 0.279 e. The fourth-order valence-electron chi connectivity index (χ4n) is 2.06. The van der Waals surface area contributed by atoms with E-state index >= 15 is 0 Å². The van der Waals surface area contributed by atoms with Crippen molar-refractivity contribution < 1.29 is 14.3 Å². The highest BCUT2D eigenvalue weighted by Gasteiger charge is 2.16. The zero-order chi connectivity index (χ0) is 16.8. The van der Waals surface area contributed by atoms with Crippen molar-refractivity contribution >= 4 is 11.8 Å². The van der Waals surface area contributed by atoms with Gasteiger partial charge in [0.1, 0.15) is 5.75 Å². The minimum atomic E-state index is -0.728. The molecular weight excluding hydrogens is 292 g/mol. The van der Waals surface area contributed by atoms with E-state index in [2.05, 4.69) is 10.9 Å². The summed E-state index contributed by atoms with van der Waals surface area (Å²) in [6.45, 7) is 5.40. The fourth-order valence-corrected chi connectivity index (χ4v) is 2.06. The first kappa shape index (κ1) is 16.5. The van der Waals surface area contributed by atoms with Crippen LogP contribution in [-0.2, 0) is 4.79 Å². The van der Waals surface area contributed by atoms with Crippen LogP contribution in [-0.4, -0.2) is 17.9 Å². The van der Waals surface area contributed by atoms with E-state index in [1.807, 2.05) is 44.2 Å². The monoisotopic (exact) mass is 312 g/mol. The van der Waals surface area contributed by atoms with Gasteiger partial charge < -0.3 is 4.74 Å². The first-order chi connectivity index (χ1) is 11.0. The van der Waals surface area contributed by atoms with Crippen molar-refractivity contribution in [3.05, 3.63) is 65.2 Å². The van der Waals surface area contributed by atoms with Gasteiger partial charge in [0.05, 0.1) is 0 Å². The van der Waals surface area contributed by atoms with Crippen molar-refractivity contribution in [2.24, 2.45) is 0 Å². The molecule has 2 aromatic carbocycles. The third kappa shape index (κ3) is 4.57. The van der Waals surface area contributed by atoms with Crippen LogP contribution in [0.25, 0.3) is 0 Å².